The highest BCUT2D eigenvalue weighted by molar-refractivity contribution is 9.10. The minimum Gasteiger partial charge on any atom is -0.496 e. The number of carbonyl (C=O) groups excluding carboxylic acids is 1. The van der Waals surface area contributed by atoms with E-state index in [9.17, 15) is 9.18 Å². The summed E-state index contributed by atoms with van der Waals surface area (Å²) < 4.78 is 21.6. The average molecular weight is 488 g/mol. The predicted octanol–water partition coefficient (Wildman–Crippen LogP) is 3.44. The van der Waals surface area contributed by atoms with Crippen molar-refractivity contribution in [2.24, 2.45) is 0 Å². The van der Waals surface area contributed by atoms with E-state index in [0.717, 1.165) is 15.7 Å². The molecule has 0 atom stereocenters. The number of ether oxygens (including phenoxy) is 1. The molecule has 7 nitrogen and oxygen atoms in total. The number of halogens is 2. The van der Waals surface area contributed by atoms with E-state index in [4.69, 9.17) is 4.74 Å². The number of rotatable bonds is 5. The molecule has 2 heterocycles. The van der Waals surface area contributed by atoms with E-state index in [1.165, 1.54) is 12.1 Å². The number of nitrogens with zero attached hydrogens (tertiary/aromatic N) is 5. The Morgan fingerprint density at radius 1 is 1.16 bits per heavy atom. The maximum absolute atomic E-state index is 13.6. The summed E-state index contributed by atoms with van der Waals surface area (Å²) >= 11 is 3.45. The number of hydrogen-bond acceptors (Lipinski definition) is 5. The minimum absolute atomic E-state index is 0.123. The molecule has 1 fully saturated rings. The third-order valence-electron chi connectivity index (χ3n) is 5.45. The van der Waals surface area contributed by atoms with Crippen LogP contribution in [0.2, 0.25) is 0 Å². The smallest absolute Gasteiger partial charge is 0.276 e. The lowest BCUT2D eigenvalue weighted by Gasteiger charge is -2.34. The van der Waals surface area contributed by atoms with E-state index in [0.29, 0.717) is 49.9 Å². The van der Waals surface area contributed by atoms with Gasteiger partial charge in [-0.15, -0.1) is 5.10 Å². The van der Waals surface area contributed by atoms with E-state index >= 15 is 0 Å². The zero-order chi connectivity index (χ0) is 22.0. The Labute approximate surface area is 188 Å². The van der Waals surface area contributed by atoms with Crippen LogP contribution in [0.15, 0.2) is 46.9 Å². The number of carbonyl (C=O) groups is 1. The highest BCUT2D eigenvalue weighted by atomic mass is 79.9. The summed E-state index contributed by atoms with van der Waals surface area (Å²) in [5, 5.41) is 8.33. The van der Waals surface area contributed by atoms with Gasteiger partial charge in [0.2, 0.25) is 0 Å². The molecule has 0 saturated carbocycles. The van der Waals surface area contributed by atoms with Crippen LogP contribution < -0.4 is 4.74 Å². The number of amides is 1. The quantitative estimate of drug-likeness (QED) is 0.551. The summed E-state index contributed by atoms with van der Waals surface area (Å²) in [6.45, 7) is 4.93. The first kappa shape index (κ1) is 21.5. The van der Waals surface area contributed by atoms with Gasteiger partial charge in [0.25, 0.3) is 5.91 Å². The van der Waals surface area contributed by atoms with Gasteiger partial charge in [-0.1, -0.05) is 27.2 Å². The van der Waals surface area contributed by atoms with Crippen LogP contribution in [-0.4, -0.2) is 64.0 Å². The summed E-state index contributed by atoms with van der Waals surface area (Å²) in [4.78, 5) is 17.0. The lowest BCUT2D eigenvalue weighted by molar-refractivity contribution is 0.0621. The molecule has 0 unspecified atom stereocenters. The van der Waals surface area contributed by atoms with Crippen molar-refractivity contribution in [3.63, 3.8) is 0 Å². The fourth-order valence-electron chi connectivity index (χ4n) is 3.75. The Morgan fingerprint density at radius 2 is 1.94 bits per heavy atom. The fourth-order valence-corrected chi connectivity index (χ4v) is 4.14. The second-order valence-electron chi connectivity index (χ2n) is 7.44. The molecule has 1 aromatic heterocycles. The Kier molecular flexibility index (Phi) is 6.33. The average Bonchev–Trinajstić information content (AvgIpc) is 3.15. The van der Waals surface area contributed by atoms with E-state index in [-0.39, 0.29) is 11.7 Å². The molecule has 0 radical (unpaired) electrons. The van der Waals surface area contributed by atoms with E-state index in [1.807, 2.05) is 31.2 Å². The van der Waals surface area contributed by atoms with Crippen LogP contribution in [0, 0.1) is 12.7 Å². The zero-order valence-electron chi connectivity index (χ0n) is 17.4. The van der Waals surface area contributed by atoms with Gasteiger partial charge < -0.3 is 9.64 Å². The van der Waals surface area contributed by atoms with Crippen LogP contribution in [0.1, 0.15) is 21.7 Å². The van der Waals surface area contributed by atoms with Crippen molar-refractivity contribution in [2.45, 2.75) is 13.5 Å². The Hall–Kier alpha value is -2.78. The van der Waals surface area contributed by atoms with E-state index in [1.54, 1.807) is 22.8 Å². The summed E-state index contributed by atoms with van der Waals surface area (Å²) in [5.41, 5.74) is 2.71. The van der Waals surface area contributed by atoms with Crippen LogP contribution in [-0.2, 0) is 6.54 Å². The van der Waals surface area contributed by atoms with Crippen molar-refractivity contribution in [1.29, 1.82) is 0 Å². The predicted molar refractivity (Wildman–Crippen MR) is 118 cm³/mol. The molecule has 0 spiro atoms. The Balaban J connectivity index is 1.42. The normalized spacial score (nSPS) is 14.6. The zero-order valence-corrected chi connectivity index (χ0v) is 19.0. The molecule has 1 aliphatic rings. The number of piperazine rings is 1. The first-order valence-electron chi connectivity index (χ1n) is 9.98. The summed E-state index contributed by atoms with van der Waals surface area (Å²) in [6, 6.07) is 12.2. The highest BCUT2D eigenvalue weighted by Crippen LogP contribution is 2.22. The molecule has 4 rings (SSSR count). The lowest BCUT2D eigenvalue weighted by atomic mass is 10.1. The van der Waals surface area contributed by atoms with E-state index < -0.39 is 0 Å². The van der Waals surface area contributed by atoms with Crippen molar-refractivity contribution in [1.82, 2.24) is 24.8 Å². The van der Waals surface area contributed by atoms with Gasteiger partial charge in [0.05, 0.1) is 18.5 Å². The largest absolute Gasteiger partial charge is 0.496 e. The third kappa shape index (κ3) is 4.62. The van der Waals surface area contributed by atoms with Crippen molar-refractivity contribution in [3.8, 4) is 11.4 Å². The number of benzene rings is 2. The molecule has 0 N–H and O–H groups in total. The van der Waals surface area contributed by atoms with Crippen LogP contribution >= 0.6 is 15.9 Å². The molecule has 0 bridgehead atoms. The van der Waals surface area contributed by atoms with Gasteiger partial charge in [-0.2, -0.15) is 0 Å². The van der Waals surface area contributed by atoms with Gasteiger partial charge >= 0.3 is 0 Å². The van der Waals surface area contributed by atoms with Gasteiger partial charge in [0.1, 0.15) is 11.6 Å². The SMILES string of the molecule is COc1ccc(F)cc1CN1CCN(C(=O)c2nnn(-c3cccc(Br)c3)c2C)CC1. The molecule has 162 valence electrons. The molecule has 31 heavy (non-hydrogen) atoms. The summed E-state index contributed by atoms with van der Waals surface area (Å²) in [6.07, 6.45) is 0. The number of hydrogen-bond donors (Lipinski definition) is 0. The monoisotopic (exact) mass is 487 g/mol. The molecule has 2 aromatic carbocycles. The Morgan fingerprint density at radius 3 is 2.65 bits per heavy atom. The van der Waals surface area contributed by atoms with Crippen LogP contribution in [0.3, 0.4) is 0 Å². The maximum atomic E-state index is 13.6. The van der Waals surface area contributed by atoms with Crippen LogP contribution in [0.4, 0.5) is 4.39 Å². The third-order valence-corrected chi connectivity index (χ3v) is 5.94. The van der Waals surface area contributed by atoms with Crippen LogP contribution in [0.25, 0.3) is 5.69 Å². The van der Waals surface area contributed by atoms with Crippen LogP contribution in [0.5, 0.6) is 5.75 Å². The molecule has 1 saturated heterocycles. The summed E-state index contributed by atoms with van der Waals surface area (Å²) in [7, 11) is 1.58. The van der Waals surface area contributed by atoms with Crippen molar-refractivity contribution in [3.05, 3.63) is 69.7 Å². The fraction of sp³-hybridized carbons (Fsp3) is 0.318. The second-order valence-corrected chi connectivity index (χ2v) is 8.36. The number of methoxy groups -OCH3 is 1. The van der Waals surface area contributed by atoms with Gasteiger partial charge in [0, 0.05) is 42.8 Å². The molecular formula is C22H23BrFN5O2. The topological polar surface area (TPSA) is 63.5 Å². The molecular weight excluding hydrogens is 465 g/mol. The molecule has 1 amide bonds. The van der Waals surface area contributed by atoms with Gasteiger partial charge in [0.15, 0.2) is 5.69 Å². The van der Waals surface area contributed by atoms with Gasteiger partial charge in [-0.05, 0) is 43.3 Å². The van der Waals surface area contributed by atoms with Crippen molar-refractivity contribution < 1.29 is 13.9 Å². The lowest BCUT2D eigenvalue weighted by Crippen LogP contribution is -2.48. The molecule has 1 aliphatic heterocycles. The van der Waals surface area contributed by atoms with Gasteiger partial charge in [-0.3, -0.25) is 9.69 Å². The minimum atomic E-state index is -0.284. The van der Waals surface area contributed by atoms with Crippen molar-refractivity contribution in [2.75, 3.05) is 33.3 Å². The molecule has 9 heteroatoms. The first-order chi connectivity index (χ1) is 15.0. The highest BCUT2D eigenvalue weighted by Gasteiger charge is 2.27. The van der Waals surface area contributed by atoms with Crippen molar-refractivity contribution >= 4 is 21.8 Å². The van der Waals surface area contributed by atoms with E-state index in [2.05, 4.69) is 31.1 Å². The summed E-state index contributed by atoms with van der Waals surface area (Å²) in [5.74, 6) is 0.259. The Bertz CT molecular complexity index is 1100. The number of aromatic nitrogens is 3. The standard InChI is InChI=1S/C22H23BrFN5O2/c1-15-21(25-26-29(15)19-5-3-4-17(23)13-19)22(30)28-10-8-27(9-11-28)14-16-12-18(24)6-7-20(16)31-2/h3-7,12-13H,8-11,14H2,1-2H3. The first-order valence-corrected chi connectivity index (χ1v) is 10.8. The second kappa shape index (κ2) is 9.15. The van der Waals surface area contributed by atoms with Gasteiger partial charge in [-0.25, -0.2) is 9.07 Å². The molecule has 3 aromatic rings. The molecule has 0 aliphatic carbocycles. The maximum Gasteiger partial charge on any atom is 0.276 e.